The minimum atomic E-state index is -3.64. The fourth-order valence-corrected chi connectivity index (χ4v) is 3.76. The summed E-state index contributed by atoms with van der Waals surface area (Å²) < 4.78 is 36.2. The van der Waals surface area contributed by atoms with Crippen molar-refractivity contribution in [3.8, 4) is 11.5 Å². The Morgan fingerprint density at radius 3 is 2.10 bits per heavy atom. The van der Waals surface area contributed by atoms with Crippen LogP contribution in [0.25, 0.3) is 0 Å². The first-order valence-corrected chi connectivity index (χ1v) is 11.3. The number of nitrogens with one attached hydrogen (secondary N) is 1. The standard InChI is InChI=1S/C21H28N2O5S/c1-5-20(16-7-11-18(27-3)12-8-16)22-21(24)15-23(29(4,25)26)17-9-13-19(14-10-17)28-6-2/h7-14,20H,5-6,15H2,1-4H3,(H,22,24)/t20-/m0/s1. The Morgan fingerprint density at radius 2 is 1.62 bits per heavy atom. The zero-order valence-corrected chi connectivity index (χ0v) is 18.0. The Balaban J connectivity index is 2.14. The highest BCUT2D eigenvalue weighted by Crippen LogP contribution is 2.23. The summed E-state index contributed by atoms with van der Waals surface area (Å²) in [4.78, 5) is 12.6. The molecule has 0 aliphatic rings. The zero-order valence-electron chi connectivity index (χ0n) is 17.2. The predicted octanol–water partition coefficient (Wildman–Crippen LogP) is 3.13. The molecule has 2 aromatic rings. The number of anilines is 1. The van der Waals surface area contributed by atoms with E-state index in [4.69, 9.17) is 9.47 Å². The van der Waals surface area contributed by atoms with E-state index in [1.165, 1.54) is 0 Å². The van der Waals surface area contributed by atoms with Crippen LogP contribution in [0.4, 0.5) is 5.69 Å². The molecular weight excluding hydrogens is 392 g/mol. The summed E-state index contributed by atoms with van der Waals surface area (Å²) in [5.74, 6) is 0.986. The molecule has 1 atom stereocenters. The minimum absolute atomic E-state index is 0.227. The van der Waals surface area contributed by atoms with E-state index < -0.39 is 10.0 Å². The van der Waals surface area contributed by atoms with Gasteiger partial charge >= 0.3 is 0 Å². The Labute approximate surface area is 172 Å². The average Bonchev–Trinajstić information content (AvgIpc) is 2.70. The molecule has 0 saturated carbocycles. The molecule has 1 amide bonds. The van der Waals surface area contributed by atoms with Gasteiger partial charge in [0.2, 0.25) is 15.9 Å². The molecule has 29 heavy (non-hydrogen) atoms. The number of nitrogens with zero attached hydrogens (tertiary/aromatic N) is 1. The molecular formula is C21H28N2O5S. The van der Waals surface area contributed by atoms with Crippen LogP contribution in [0, 0.1) is 0 Å². The maximum atomic E-state index is 12.6. The Bertz CT molecular complexity index is 896. The van der Waals surface area contributed by atoms with Crippen LogP contribution < -0.4 is 19.1 Å². The van der Waals surface area contributed by atoms with Gasteiger partial charge in [0.05, 0.1) is 31.7 Å². The lowest BCUT2D eigenvalue weighted by atomic mass is 10.0. The number of amides is 1. The van der Waals surface area contributed by atoms with Crippen molar-refractivity contribution in [1.29, 1.82) is 0 Å². The topological polar surface area (TPSA) is 84.9 Å². The van der Waals surface area contributed by atoms with E-state index in [2.05, 4.69) is 5.32 Å². The highest BCUT2D eigenvalue weighted by molar-refractivity contribution is 7.92. The van der Waals surface area contributed by atoms with Crippen molar-refractivity contribution in [3.63, 3.8) is 0 Å². The summed E-state index contributed by atoms with van der Waals surface area (Å²) >= 11 is 0. The number of carbonyl (C=O) groups excluding carboxylic acids is 1. The highest BCUT2D eigenvalue weighted by atomic mass is 32.2. The third kappa shape index (κ3) is 6.39. The van der Waals surface area contributed by atoms with Gasteiger partial charge in [-0.05, 0) is 55.3 Å². The number of methoxy groups -OCH3 is 1. The fraction of sp³-hybridized carbons (Fsp3) is 0.381. The molecule has 7 nitrogen and oxygen atoms in total. The summed E-state index contributed by atoms with van der Waals surface area (Å²) in [5, 5.41) is 2.91. The van der Waals surface area contributed by atoms with Crippen LogP contribution in [0.5, 0.6) is 11.5 Å². The lowest BCUT2D eigenvalue weighted by Gasteiger charge is -2.24. The molecule has 0 aromatic heterocycles. The Hall–Kier alpha value is -2.74. The largest absolute Gasteiger partial charge is 0.497 e. The van der Waals surface area contributed by atoms with E-state index >= 15 is 0 Å². The van der Waals surface area contributed by atoms with E-state index in [9.17, 15) is 13.2 Å². The number of hydrogen-bond donors (Lipinski definition) is 1. The molecule has 8 heteroatoms. The molecule has 0 heterocycles. The van der Waals surface area contributed by atoms with Crippen molar-refractivity contribution in [3.05, 3.63) is 54.1 Å². The summed E-state index contributed by atoms with van der Waals surface area (Å²) in [7, 11) is -2.05. The first-order valence-electron chi connectivity index (χ1n) is 9.42. The molecule has 0 spiro atoms. The monoisotopic (exact) mass is 420 g/mol. The lowest BCUT2D eigenvalue weighted by molar-refractivity contribution is -0.120. The van der Waals surface area contributed by atoms with Gasteiger partial charge in [0, 0.05) is 0 Å². The molecule has 0 bridgehead atoms. The van der Waals surface area contributed by atoms with Crippen LogP contribution in [0.1, 0.15) is 31.9 Å². The third-order valence-corrected chi connectivity index (χ3v) is 5.53. The van der Waals surface area contributed by atoms with Gasteiger partial charge in [-0.2, -0.15) is 0 Å². The normalized spacial score (nSPS) is 12.1. The second-order valence-electron chi connectivity index (χ2n) is 6.50. The SMILES string of the molecule is CCOc1ccc(N(CC(=O)N[C@@H](CC)c2ccc(OC)cc2)S(C)(=O)=O)cc1. The van der Waals surface area contributed by atoms with Crippen LogP contribution in [-0.4, -0.2) is 40.8 Å². The third-order valence-electron chi connectivity index (χ3n) is 4.38. The van der Waals surface area contributed by atoms with Crippen molar-refractivity contribution < 1.29 is 22.7 Å². The first kappa shape index (κ1) is 22.5. The number of ether oxygens (including phenoxy) is 2. The number of benzene rings is 2. The minimum Gasteiger partial charge on any atom is -0.497 e. The average molecular weight is 421 g/mol. The molecule has 2 aromatic carbocycles. The molecule has 2 rings (SSSR count). The Kier molecular flexibility index (Phi) is 7.90. The van der Waals surface area contributed by atoms with Crippen LogP contribution in [0.15, 0.2) is 48.5 Å². The van der Waals surface area contributed by atoms with E-state index in [0.29, 0.717) is 24.5 Å². The van der Waals surface area contributed by atoms with Gasteiger partial charge in [0.15, 0.2) is 0 Å². The van der Waals surface area contributed by atoms with Crippen LogP contribution >= 0.6 is 0 Å². The molecule has 0 radical (unpaired) electrons. The van der Waals surface area contributed by atoms with Crippen molar-refractivity contribution >= 4 is 21.6 Å². The number of sulfonamides is 1. The van der Waals surface area contributed by atoms with Crippen LogP contribution in [0.3, 0.4) is 0 Å². The molecule has 0 aliphatic heterocycles. The van der Waals surface area contributed by atoms with Crippen LogP contribution in [0.2, 0.25) is 0 Å². The van der Waals surface area contributed by atoms with Gasteiger partial charge in [0.1, 0.15) is 18.0 Å². The summed E-state index contributed by atoms with van der Waals surface area (Å²) in [6.07, 6.45) is 1.75. The van der Waals surface area contributed by atoms with Crippen molar-refractivity contribution in [1.82, 2.24) is 5.32 Å². The van der Waals surface area contributed by atoms with E-state index in [0.717, 1.165) is 21.9 Å². The van der Waals surface area contributed by atoms with Crippen molar-refractivity contribution in [2.24, 2.45) is 0 Å². The molecule has 1 N–H and O–H groups in total. The second kappa shape index (κ2) is 10.2. The van der Waals surface area contributed by atoms with E-state index in [1.54, 1.807) is 31.4 Å². The van der Waals surface area contributed by atoms with Gasteiger partial charge in [-0.1, -0.05) is 19.1 Å². The van der Waals surface area contributed by atoms with Gasteiger partial charge in [-0.25, -0.2) is 8.42 Å². The maximum Gasteiger partial charge on any atom is 0.241 e. The second-order valence-corrected chi connectivity index (χ2v) is 8.40. The number of hydrogen-bond acceptors (Lipinski definition) is 5. The lowest BCUT2D eigenvalue weighted by Crippen LogP contribution is -2.41. The smallest absolute Gasteiger partial charge is 0.241 e. The number of carbonyl (C=O) groups is 1. The van der Waals surface area contributed by atoms with Crippen molar-refractivity contribution in [2.75, 3.05) is 30.8 Å². The van der Waals surface area contributed by atoms with Crippen LogP contribution in [-0.2, 0) is 14.8 Å². The molecule has 0 aliphatic carbocycles. The zero-order chi connectivity index (χ0) is 21.4. The molecule has 0 fully saturated rings. The summed E-state index contributed by atoms with van der Waals surface area (Å²) in [6.45, 7) is 4.03. The Morgan fingerprint density at radius 1 is 1.03 bits per heavy atom. The van der Waals surface area contributed by atoms with Gasteiger partial charge in [-0.15, -0.1) is 0 Å². The van der Waals surface area contributed by atoms with E-state index in [1.807, 2.05) is 38.1 Å². The summed E-state index contributed by atoms with van der Waals surface area (Å²) in [6, 6.07) is 13.8. The van der Waals surface area contributed by atoms with Crippen molar-refractivity contribution in [2.45, 2.75) is 26.3 Å². The van der Waals surface area contributed by atoms with E-state index in [-0.39, 0.29) is 18.5 Å². The summed E-state index contributed by atoms with van der Waals surface area (Å²) in [5.41, 5.74) is 1.33. The predicted molar refractivity (Wildman–Crippen MR) is 114 cm³/mol. The quantitative estimate of drug-likeness (QED) is 0.638. The van der Waals surface area contributed by atoms with Gasteiger partial charge in [0.25, 0.3) is 0 Å². The molecule has 158 valence electrons. The first-order chi connectivity index (χ1) is 13.8. The van der Waals surface area contributed by atoms with Gasteiger partial charge < -0.3 is 14.8 Å². The molecule has 0 saturated heterocycles. The highest BCUT2D eigenvalue weighted by Gasteiger charge is 2.22. The molecule has 0 unspecified atom stereocenters. The maximum absolute atomic E-state index is 12.6. The fourth-order valence-electron chi connectivity index (χ4n) is 2.90. The van der Waals surface area contributed by atoms with Gasteiger partial charge in [-0.3, -0.25) is 9.10 Å². The number of rotatable bonds is 10.